The van der Waals surface area contributed by atoms with Gasteiger partial charge in [0.1, 0.15) is 0 Å². The van der Waals surface area contributed by atoms with Gasteiger partial charge in [0, 0.05) is 17.5 Å². The maximum absolute atomic E-state index is 11.8. The van der Waals surface area contributed by atoms with E-state index in [1.54, 1.807) is 0 Å². The Kier molecular flexibility index (Phi) is 14.0. The maximum Gasteiger partial charge on any atom is 0.455 e. The van der Waals surface area contributed by atoms with Gasteiger partial charge in [-0.3, -0.25) is 4.79 Å². The molecule has 39 heavy (non-hydrogen) atoms. The van der Waals surface area contributed by atoms with Gasteiger partial charge in [-0.25, -0.2) is 0 Å². The highest BCUT2D eigenvalue weighted by Gasteiger charge is 2.25. The van der Waals surface area contributed by atoms with Crippen LogP contribution in [0.5, 0.6) is 0 Å². The van der Waals surface area contributed by atoms with Gasteiger partial charge in [-0.05, 0) is 35.9 Å². The maximum atomic E-state index is 11.8. The van der Waals surface area contributed by atoms with Crippen molar-refractivity contribution in [3.05, 3.63) is 169 Å². The van der Waals surface area contributed by atoms with Crippen LogP contribution in [0.3, 0.4) is 0 Å². The van der Waals surface area contributed by atoms with Crippen LogP contribution in [-0.4, -0.2) is 22.9 Å². The first-order chi connectivity index (χ1) is 18.9. The number of nitrogens with two attached hydrogens (primary N) is 1. The number of hydrogen-bond acceptors (Lipinski definition) is 4. The van der Waals surface area contributed by atoms with Gasteiger partial charge in [0.2, 0.25) is 0 Å². The molecule has 0 amide bonds. The minimum Gasteiger partial charge on any atom is -0.427 e. The fourth-order valence-corrected chi connectivity index (χ4v) is 3.94. The predicted octanol–water partition coefficient (Wildman–Crippen LogP) is 6.42. The van der Waals surface area contributed by atoms with Crippen molar-refractivity contribution in [3.8, 4) is 0 Å². The summed E-state index contributed by atoms with van der Waals surface area (Å²) in [4.78, 5) is 11.8. The fraction of sp³-hybridized carbons (Fsp3) is 0.147. The lowest BCUT2D eigenvalue weighted by Gasteiger charge is -2.29. The molecule has 4 aromatic rings. The van der Waals surface area contributed by atoms with E-state index < -0.39 is 7.12 Å². The van der Waals surface area contributed by atoms with Crippen LogP contribution in [0.15, 0.2) is 147 Å². The Balaban J connectivity index is 0.000000230. The summed E-state index contributed by atoms with van der Waals surface area (Å²) in [5.74, 6) is 0.168. The van der Waals surface area contributed by atoms with Crippen LogP contribution in [-0.2, 0) is 18.4 Å². The Bertz CT molecular complexity index is 1230. The lowest BCUT2D eigenvalue weighted by atomic mass is 9.82. The van der Waals surface area contributed by atoms with Crippen LogP contribution < -0.4 is 5.73 Å². The van der Waals surface area contributed by atoms with Crippen LogP contribution >= 0.6 is 0 Å². The number of Topliss-reactive ketones (excluding diaryl/α,β-unsaturated/α-hetero) is 1. The van der Waals surface area contributed by atoms with Crippen molar-refractivity contribution in [1.82, 2.24) is 0 Å². The Morgan fingerprint density at radius 1 is 0.718 bits per heavy atom. The molecule has 200 valence electrons. The summed E-state index contributed by atoms with van der Waals surface area (Å²) < 4.78 is 0. The molecule has 4 N–H and O–H groups in total. The second-order valence-electron chi connectivity index (χ2n) is 9.13. The van der Waals surface area contributed by atoms with Crippen LogP contribution in [0.2, 0.25) is 6.32 Å². The molecule has 0 saturated carbocycles. The summed E-state index contributed by atoms with van der Waals surface area (Å²) in [6.07, 6.45) is 5.67. The molecule has 0 saturated heterocycles. The average molecular weight is 519 g/mol. The van der Waals surface area contributed by atoms with Gasteiger partial charge in [-0.1, -0.05) is 133 Å². The summed E-state index contributed by atoms with van der Waals surface area (Å²) in [7, 11) is -1.22. The van der Waals surface area contributed by atoms with E-state index in [0.717, 1.165) is 29.5 Å². The number of ketones is 1. The van der Waals surface area contributed by atoms with E-state index in [9.17, 15) is 4.79 Å². The van der Waals surface area contributed by atoms with E-state index in [-0.39, 0.29) is 17.6 Å². The number of carbonyl (C=O) groups is 1. The summed E-state index contributed by atoms with van der Waals surface area (Å²) >= 11 is 0. The minimum absolute atomic E-state index is 0.168. The van der Waals surface area contributed by atoms with Gasteiger partial charge in [-0.2, -0.15) is 0 Å². The zero-order chi connectivity index (χ0) is 28.3. The molecular formula is C34H38BNO3. The molecule has 1 atom stereocenters. The Morgan fingerprint density at radius 3 is 1.62 bits per heavy atom. The van der Waals surface area contributed by atoms with E-state index >= 15 is 0 Å². The van der Waals surface area contributed by atoms with Gasteiger partial charge in [-0.15, -0.1) is 13.2 Å². The van der Waals surface area contributed by atoms with Crippen molar-refractivity contribution in [3.63, 3.8) is 0 Å². The molecule has 0 fully saturated rings. The first-order valence-electron chi connectivity index (χ1n) is 13.0. The van der Waals surface area contributed by atoms with Crippen LogP contribution in [0, 0.1) is 0 Å². The van der Waals surface area contributed by atoms with Gasteiger partial charge >= 0.3 is 7.12 Å². The molecular weight excluding hydrogens is 481 g/mol. The largest absolute Gasteiger partial charge is 0.455 e. The summed E-state index contributed by atoms with van der Waals surface area (Å²) in [5.41, 5.74) is 10.5. The molecule has 0 aliphatic rings. The summed E-state index contributed by atoms with van der Waals surface area (Å²) in [5, 5.41) is 16.1. The molecule has 4 rings (SSSR count). The second-order valence-corrected chi connectivity index (χ2v) is 9.13. The third-order valence-electron chi connectivity index (χ3n) is 5.90. The third kappa shape index (κ3) is 11.9. The summed E-state index contributed by atoms with van der Waals surface area (Å²) in [6, 6.07) is 39.8. The van der Waals surface area contributed by atoms with E-state index in [4.69, 9.17) is 15.8 Å². The first-order valence-corrected chi connectivity index (χ1v) is 13.0. The Hall–Kier alpha value is -4.03. The predicted molar refractivity (Wildman–Crippen MR) is 163 cm³/mol. The van der Waals surface area contributed by atoms with Crippen molar-refractivity contribution in [1.29, 1.82) is 0 Å². The van der Waals surface area contributed by atoms with Crippen molar-refractivity contribution < 1.29 is 14.8 Å². The zero-order valence-electron chi connectivity index (χ0n) is 22.4. The summed E-state index contributed by atoms with van der Waals surface area (Å²) in [6.45, 7) is 7.11. The van der Waals surface area contributed by atoms with Gasteiger partial charge in [0.15, 0.2) is 5.78 Å². The highest BCUT2D eigenvalue weighted by atomic mass is 16.4. The number of rotatable bonds is 10. The zero-order valence-corrected chi connectivity index (χ0v) is 22.4. The number of allylic oxidation sites excluding steroid dienone is 1. The van der Waals surface area contributed by atoms with Crippen molar-refractivity contribution >= 4 is 12.9 Å². The lowest BCUT2D eigenvalue weighted by Crippen LogP contribution is -2.38. The molecule has 0 spiro atoms. The molecule has 0 aliphatic heterocycles. The molecule has 4 aromatic carbocycles. The van der Waals surface area contributed by atoms with Gasteiger partial charge < -0.3 is 15.8 Å². The SMILES string of the molecule is C=CCB(O)O.C=CCC(N)(Cc1ccccc1)c1ccccc1.O=C(Cc1ccccc1)c1ccccc1. The van der Waals surface area contributed by atoms with E-state index in [2.05, 4.69) is 49.6 Å². The first kappa shape index (κ1) is 31.2. The van der Waals surface area contributed by atoms with E-state index in [1.807, 2.05) is 91.0 Å². The van der Waals surface area contributed by atoms with E-state index in [1.165, 1.54) is 11.6 Å². The molecule has 5 heteroatoms. The highest BCUT2D eigenvalue weighted by molar-refractivity contribution is 6.41. The fourth-order valence-electron chi connectivity index (χ4n) is 3.94. The van der Waals surface area contributed by atoms with Crippen LogP contribution in [0.1, 0.15) is 33.5 Å². The standard InChI is InChI=1S/C17H19N.C14H12O.C3H7BO2/c1-2-13-17(18,16-11-7-4-8-12-16)14-15-9-5-3-6-10-15;15-14(13-9-5-2-6-10-13)11-12-7-3-1-4-8-12;1-2-3-4(5)6/h2-12H,1,13-14,18H2;1-10H,11H2;2,5-6H,1,3H2. The molecule has 0 heterocycles. The highest BCUT2D eigenvalue weighted by Crippen LogP contribution is 2.27. The van der Waals surface area contributed by atoms with Crippen molar-refractivity contribution in [2.45, 2.75) is 31.1 Å². The molecule has 0 bridgehead atoms. The smallest absolute Gasteiger partial charge is 0.427 e. The topological polar surface area (TPSA) is 83.6 Å². The third-order valence-corrected chi connectivity index (χ3v) is 5.90. The number of benzene rings is 4. The minimum atomic E-state index is -1.22. The Labute approximate surface area is 233 Å². The van der Waals surface area contributed by atoms with Crippen LogP contribution in [0.25, 0.3) is 0 Å². The van der Waals surface area contributed by atoms with E-state index in [0.29, 0.717) is 6.42 Å². The second kappa shape index (κ2) is 17.5. The lowest BCUT2D eigenvalue weighted by molar-refractivity contribution is 0.0993. The van der Waals surface area contributed by atoms with Crippen LogP contribution in [0.4, 0.5) is 0 Å². The quantitative estimate of drug-likeness (QED) is 0.128. The normalized spacial score (nSPS) is 11.4. The number of hydrogen-bond donors (Lipinski definition) is 3. The monoisotopic (exact) mass is 519 g/mol. The Morgan fingerprint density at radius 2 is 1.18 bits per heavy atom. The number of carbonyl (C=O) groups excluding carboxylic acids is 1. The van der Waals surface area contributed by atoms with Gasteiger partial charge in [0.25, 0.3) is 0 Å². The van der Waals surface area contributed by atoms with Crippen molar-refractivity contribution in [2.24, 2.45) is 5.73 Å². The molecule has 0 radical (unpaired) electrons. The molecule has 0 aliphatic carbocycles. The molecule has 0 aromatic heterocycles. The van der Waals surface area contributed by atoms with Crippen molar-refractivity contribution in [2.75, 3.05) is 0 Å². The molecule has 4 nitrogen and oxygen atoms in total. The molecule has 1 unspecified atom stereocenters. The van der Waals surface area contributed by atoms with Gasteiger partial charge in [0.05, 0.1) is 0 Å². The average Bonchev–Trinajstić information content (AvgIpc) is 2.96.